The molecule has 0 aliphatic carbocycles. The van der Waals surface area contributed by atoms with E-state index in [1.165, 1.54) is 16.7 Å². The van der Waals surface area contributed by atoms with Crippen molar-refractivity contribution in [3.8, 4) is 11.1 Å². The van der Waals surface area contributed by atoms with Crippen molar-refractivity contribution in [3.63, 3.8) is 0 Å². The molecular formula is C14H14N2. The van der Waals surface area contributed by atoms with Crippen molar-refractivity contribution in [2.75, 3.05) is 0 Å². The number of hydrogen-bond donors (Lipinski definition) is 0. The zero-order chi connectivity index (χ0) is 11.4. The lowest BCUT2D eigenvalue weighted by Gasteiger charge is -2.08. The first-order valence-electron chi connectivity index (χ1n) is 5.31. The molecule has 16 heavy (non-hydrogen) atoms. The van der Waals surface area contributed by atoms with Crippen LogP contribution in [0.1, 0.15) is 18.2 Å². The van der Waals surface area contributed by atoms with E-state index in [9.17, 15) is 0 Å². The minimum atomic E-state index is 1.05. The lowest BCUT2D eigenvalue weighted by Crippen LogP contribution is -1.90. The number of hydrogen-bond acceptors (Lipinski definition) is 2. The lowest BCUT2D eigenvalue weighted by atomic mass is 10.00. The molecule has 0 atom stereocenters. The fourth-order valence-electron chi connectivity index (χ4n) is 1.74. The van der Waals surface area contributed by atoms with E-state index < -0.39 is 0 Å². The van der Waals surface area contributed by atoms with Gasteiger partial charge in [-0.3, -0.25) is 9.97 Å². The van der Waals surface area contributed by atoms with Crippen LogP contribution in [0, 0.1) is 6.92 Å². The molecule has 0 radical (unpaired) electrons. The maximum Gasteiger partial charge on any atom is 0.0451 e. The van der Waals surface area contributed by atoms with Crippen molar-refractivity contribution in [1.82, 2.24) is 9.97 Å². The number of allylic oxidation sites excluding steroid dienone is 1. The highest BCUT2D eigenvalue weighted by molar-refractivity contribution is 5.75. The van der Waals surface area contributed by atoms with E-state index in [4.69, 9.17) is 0 Å². The second-order valence-corrected chi connectivity index (χ2v) is 3.59. The molecule has 2 rings (SSSR count). The summed E-state index contributed by atoms with van der Waals surface area (Å²) >= 11 is 0. The van der Waals surface area contributed by atoms with Crippen LogP contribution in [0.3, 0.4) is 0 Å². The molecule has 0 fully saturated rings. The van der Waals surface area contributed by atoms with Crippen LogP contribution in [0.25, 0.3) is 17.2 Å². The molecule has 2 heterocycles. The molecule has 80 valence electrons. The highest BCUT2D eigenvalue weighted by Crippen LogP contribution is 2.25. The van der Waals surface area contributed by atoms with E-state index in [1.54, 1.807) is 0 Å². The number of aryl methyl sites for hydroxylation is 1. The van der Waals surface area contributed by atoms with Crippen LogP contribution in [0.5, 0.6) is 0 Å². The summed E-state index contributed by atoms with van der Waals surface area (Å²) in [5.41, 5.74) is 4.60. The topological polar surface area (TPSA) is 25.8 Å². The second-order valence-electron chi connectivity index (χ2n) is 3.59. The quantitative estimate of drug-likeness (QED) is 0.758. The maximum atomic E-state index is 4.32. The average Bonchev–Trinajstić information content (AvgIpc) is 2.33. The summed E-state index contributed by atoms with van der Waals surface area (Å²) in [4.78, 5) is 8.35. The Morgan fingerprint density at radius 2 is 1.81 bits per heavy atom. The number of nitrogens with zero attached hydrogens (tertiary/aromatic N) is 2. The molecule has 0 spiro atoms. The molecule has 0 bridgehead atoms. The van der Waals surface area contributed by atoms with E-state index >= 15 is 0 Å². The van der Waals surface area contributed by atoms with Crippen LogP contribution < -0.4 is 0 Å². The Morgan fingerprint density at radius 1 is 1.06 bits per heavy atom. The van der Waals surface area contributed by atoms with Crippen LogP contribution >= 0.6 is 0 Å². The minimum Gasteiger partial charge on any atom is -0.265 e. The van der Waals surface area contributed by atoms with Crippen molar-refractivity contribution in [2.45, 2.75) is 13.8 Å². The van der Waals surface area contributed by atoms with Crippen LogP contribution in [0.4, 0.5) is 0 Å². The highest BCUT2D eigenvalue weighted by Gasteiger charge is 2.05. The largest absolute Gasteiger partial charge is 0.265 e. The standard InChI is InChI=1S/C14H14N2/c1-3-4-13-11(2)16-10-7-14(13)12-5-8-15-9-6-12/h3-10H,1-2H3/b4-3-. The van der Waals surface area contributed by atoms with Gasteiger partial charge in [-0.15, -0.1) is 0 Å². The predicted molar refractivity (Wildman–Crippen MR) is 66.9 cm³/mol. The Hall–Kier alpha value is -1.96. The molecule has 0 unspecified atom stereocenters. The van der Waals surface area contributed by atoms with Crippen molar-refractivity contribution in [1.29, 1.82) is 0 Å². The van der Waals surface area contributed by atoms with Gasteiger partial charge in [-0.25, -0.2) is 0 Å². The summed E-state index contributed by atoms with van der Waals surface area (Å²) in [6.45, 7) is 4.04. The van der Waals surface area contributed by atoms with Gasteiger partial charge in [-0.2, -0.15) is 0 Å². The summed E-state index contributed by atoms with van der Waals surface area (Å²) in [5.74, 6) is 0. The molecule has 0 saturated heterocycles. The molecule has 0 N–H and O–H groups in total. The van der Waals surface area contributed by atoms with Crippen molar-refractivity contribution in [2.24, 2.45) is 0 Å². The average molecular weight is 210 g/mol. The SMILES string of the molecule is C/C=C\c1c(-c2ccncc2)ccnc1C. The van der Waals surface area contributed by atoms with E-state index in [0.717, 1.165) is 5.69 Å². The van der Waals surface area contributed by atoms with E-state index in [-0.39, 0.29) is 0 Å². The first-order valence-corrected chi connectivity index (χ1v) is 5.31. The van der Waals surface area contributed by atoms with Crippen LogP contribution in [-0.4, -0.2) is 9.97 Å². The third-order valence-electron chi connectivity index (χ3n) is 2.51. The van der Waals surface area contributed by atoms with Crippen LogP contribution in [0.15, 0.2) is 42.9 Å². The monoisotopic (exact) mass is 210 g/mol. The summed E-state index contributed by atoms with van der Waals surface area (Å²) in [6, 6.07) is 6.07. The number of pyridine rings is 2. The number of aromatic nitrogens is 2. The van der Waals surface area contributed by atoms with Crippen molar-refractivity contribution in [3.05, 3.63) is 54.1 Å². The molecule has 2 aromatic heterocycles. The molecule has 0 aliphatic rings. The second kappa shape index (κ2) is 4.71. The molecule has 0 aliphatic heterocycles. The first-order chi connectivity index (χ1) is 7.83. The van der Waals surface area contributed by atoms with Crippen LogP contribution in [0.2, 0.25) is 0 Å². The Morgan fingerprint density at radius 3 is 2.50 bits per heavy atom. The number of rotatable bonds is 2. The Balaban J connectivity index is 2.61. The zero-order valence-corrected chi connectivity index (χ0v) is 9.51. The summed E-state index contributed by atoms with van der Waals surface area (Å²) in [6.07, 6.45) is 9.60. The predicted octanol–water partition coefficient (Wildman–Crippen LogP) is 3.49. The summed E-state index contributed by atoms with van der Waals surface area (Å²) < 4.78 is 0. The van der Waals surface area contributed by atoms with Gasteiger partial charge in [0.2, 0.25) is 0 Å². The van der Waals surface area contributed by atoms with Crippen molar-refractivity contribution < 1.29 is 0 Å². The van der Waals surface area contributed by atoms with E-state index in [1.807, 2.05) is 56.7 Å². The van der Waals surface area contributed by atoms with Gasteiger partial charge in [0.05, 0.1) is 0 Å². The van der Waals surface area contributed by atoms with Gasteiger partial charge in [-0.05, 0) is 43.2 Å². The van der Waals surface area contributed by atoms with Crippen LogP contribution in [-0.2, 0) is 0 Å². The van der Waals surface area contributed by atoms with Gasteiger partial charge in [0.1, 0.15) is 0 Å². The van der Waals surface area contributed by atoms with Gasteiger partial charge in [0, 0.05) is 29.8 Å². The van der Waals surface area contributed by atoms with E-state index in [2.05, 4.69) is 16.0 Å². The Labute approximate surface area is 95.7 Å². The van der Waals surface area contributed by atoms with Gasteiger partial charge >= 0.3 is 0 Å². The third kappa shape index (κ3) is 2.01. The molecule has 2 heteroatoms. The van der Waals surface area contributed by atoms with Crippen molar-refractivity contribution >= 4 is 6.08 Å². The molecule has 0 aromatic carbocycles. The third-order valence-corrected chi connectivity index (χ3v) is 2.51. The zero-order valence-electron chi connectivity index (χ0n) is 9.51. The molecule has 0 amide bonds. The minimum absolute atomic E-state index is 1.05. The lowest BCUT2D eigenvalue weighted by molar-refractivity contribution is 1.19. The normalized spacial score (nSPS) is 10.9. The summed E-state index contributed by atoms with van der Waals surface area (Å²) in [7, 11) is 0. The molecule has 2 aromatic rings. The highest BCUT2D eigenvalue weighted by atomic mass is 14.7. The Bertz CT molecular complexity index is 501. The van der Waals surface area contributed by atoms with Gasteiger partial charge in [-0.1, -0.05) is 12.2 Å². The fourth-order valence-corrected chi connectivity index (χ4v) is 1.74. The van der Waals surface area contributed by atoms with Gasteiger partial charge in [0.15, 0.2) is 0 Å². The van der Waals surface area contributed by atoms with E-state index in [0.29, 0.717) is 0 Å². The Kier molecular flexibility index (Phi) is 3.10. The first kappa shape index (κ1) is 10.6. The van der Waals surface area contributed by atoms with Gasteiger partial charge in [0.25, 0.3) is 0 Å². The summed E-state index contributed by atoms with van der Waals surface area (Å²) in [5, 5.41) is 0. The fraction of sp³-hybridized carbons (Fsp3) is 0.143. The maximum absolute atomic E-state index is 4.32. The molecule has 0 saturated carbocycles. The smallest absolute Gasteiger partial charge is 0.0451 e. The molecular weight excluding hydrogens is 196 g/mol. The van der Waals surface area contributed by atoms with Gasteiger partial charge < -0.3 is 0 Å². The molecule has 2 nitrogen and oxygen atoms in total.